The van der Waals surface area contributed by atoms with Crippen LogP contribution in [0.3, 0.4) is 0 Å². The number of rotatable bonds is 8. The second-order valence-corrected chi connectivity index (χ2v) is 7.92. The van der Waals surface area contributed by atoms with Crippen LogP contribution < -0.4 is 16.0 Å². The fraction of sp³-hybridized carbons (Fsp3) is 0.550. The summed E-state index contributed by atoms with van der Waals surface area (Å²) in [6, 6.07) is 0.0693. The molecular weight excluding hydrogens is 415 g/mol. The first-order chi connectivity index (χ1) is 14.2. The molecule has 0 spiro atoms. The minimum atomic E-state index is -2.10. The van der Waals surface area contributed by atoms with Gasteiger partial charge in [-0.25, -0.2) is 9.69 Å². The molecule has 10 heteroatoms. The summed E-state index contributed by atoms with van der Waals surface area (Å²) >= 11 is 6.22. The summed E-state index contributed by atoms with van der Waals surface area (Å²) in [6.07, 6.45) is 6.34. The van der Waals surface area contributed by atoms with Crippen LogP contribution in [0.2, 0.25) is 0 Å². The van der Waals surface area contributed by atoms with Crippen LogP contribution in [0, 0.1) is 0 Å². The van der Waals surface area contributed by atoms with Crippen LogP contribution >= 0.6 is 11.6 Å². The Morgan fingerprint density at radius 1 is 1.37 bits per heavy atom. The minimum absolute atomic E-state index is 0.0283. The highest BCUT2D eigenvalue weighted by atomic mass is 35.5. The average Bonchev–Trinajstić information content (AvgIpc) is 3.37. The van der Waals surface area contributed by atoms with Gasteiger partial charge in [0.1, 0.15) is 10.7 Å². The van der Waals surface area contributed by atoms with Crippen molar-refractivity contribution in [3.63, 3.8) is 0 Å². The Kier molecular flexibility index (Phi) is 6.82. The Morgan fingerprint density at radius 3 is 2.70 bits per heavy atom. The van der Waals surface area contributed by atoms with Gasteiger partial charge in [0.05, 0.1) is 12.2 Å². The zero-order valence-corrected chi connectivity index (χ0v) is 17.7. The average molecular weight is 441 g/mol. The van der Waals surface area contributed by atoms with Crippen molar-refractivity contribution in [2.45, 2.75) is 51.1 Å². The molecule has 0 aromatic heterocycles. The van der Waals surface area contributed by atoms with Crippen molar-refractivity contribution in [2.75, 3.05) is 19.7 Å². The van der Waals surface area contributed by atoms with Crippen LogP contribution in [0.4, 0.5) is 4.39 Å². The minimum Gasteiger partial charge on any atom is -0.462 e. The number of esters is 1. The van der Waals surface area contributed by atoms with Crippen LogP contribution in [-0.4, -0.2) is 60.3 Å². The lowest BCUT2D eigenvalue weighted by molar-refractivity contribution is -0.139. The highest BCUT2D eigenvalue weighted by Gasteiger charge is 2.42. The number of ether oxygens (including phenoxy) is 1. The van der Waals surface area contributed by atoms with Gasteiger partial charge in [-0.1, -0.05) is 11.6 Å². The van der Waals surface area contributed by atoms with Gasteiger partial charge in [0.25, 0.3) is 5.92 Å². The van der Waals surface area contributed by atoms with E-state index in [-0.39, 0.29) is 40.9 Å². The maximum Gasteiger partial charge on any atom is 0.343 e. The highest BCUT2D eigenvalue weighted by molar-refractivity contribution is 6.35. The Hall–Kier alpha value is -2.39. The molecule has 0 aromatic rings. The Morgan fingerprint density at radius 2 is 2.10 bits per heavy atom. The summed E-state index contributed by atoms with van der Waals surface area (Å²) in [5.41, 5.74) is -0.221. The Bertz CT molecular complexity index is 824. The third-order valence-electron chi connectivity index (χ3n) is 5.07. The lowest BCUT2D eigenvalue weighted by Crippen LogP contribution is -2.54. The standard InChI is InChI=1S/C20H26ClFN4O4/c1-3-30-19(29)16(10-23-13-4-5-13)17(28)15-6-8-20(22,25-18(15)21)26-9-7-14(11-26)24-12(2)27/h6,8,10,13-14,23,25H,3-5,7,9,11H2,1-2H3,(H,24,27). The number of alkyl halides is 1. The molecule has 0 bridgehead atoms. The molecule has 0 aromatic carbocycles. The molecule has 2 atom stereocenters. The van der Waals surface area contributed by atoms with Gasteiger partial charge in [-0.3, -0.25) is 9.59 Å². The third-order valence-corrected chi connectivity index (χ3v) is 5.37. The lowest BCUT2D eigenvalue weighted by Gasteiger charge is -2.35. The molecular formula is C20H26ClFN4O4. The largest absolute Gasteiger partial charge is 0.462 e. The summed E-state index contributed by atoms with van der Waals surface area (Å²) in [5.74, 6) is -3.70. The van der Waals surface area contributed by atoms with E-state index < -0.39 is 17.7 Å². The number of allylic oxidation sites excluding steroid dienone is 2. The molecule has 3 aliphatic rings. The number of carbonyl (C=O) groups is 3. The van der Waals surface area contributed by atoms with Crippen molar-refractivity contribution in [1.29, 1.82) is 0 Å². The fourth-order valence-corrected chi connectivity index (χ4v) is 3.65. The van der Waals surface area contributed by atoms with Crippen molar-refractivity contribution in [3.05, 3.63) is 34.7 Å². The molecule has 3 rings (SSSR count). The van der Waals surface area contributed by atoms with E-state index in [9.17, 15) is 14.4 Å². The van der Waals surface area contributed by atoms with Gasteiger partial charge in [-0.05, 0) is 38.3 Å². The number of carbonyl (C=O) groups excluding carboxylic acids is 3. The molecule has 30 heavy (non-hydrogen) atoms. The van der Waals surface area contributed by atoms with Crippen molar-refractivity contribution in [1.82, 2.24) is 20.9 Å². The van der Waals surface area contributed by atoms with E-state index >= 15 is 4.39 Å². The number of halogens is 2. The quantitative estimate of drug-likeness (QED) is 0.171. The second-order valence-electron chi connectivity index (χ2n) is 7.54. The predicted molar refractivity (Wildman–Crippen MR) is 109 cm³/mol. The molecule has 1 aliphatic carbocycles. The normalized spacial score (nSPS) is 26.9. The Balaban J connectivity index is 1.73. The van der Waals surface area contributed by atoms with E-state index in [1.807, 2.05) is 0 Å². The van der Waals surface area contributed by atoms with Gasteiger partial charge < -0.3 is 20.7 Å². The number of amides is 1. The van der Waals surface area contributed by atoms with Crippen molar-refractivity contribution in [2.24, 2.45) is 0 Å². The first kappa shape index (κ1) is 22.3. The highest BCUT2D eigenvalue weighted by Crippen LogP contribution is 2.30. The predicted octanol–water partition coefficient (Wildman–Crippen LogP) is 1.20. The number of ketones is 1. The number of nitrogens with one attached hydrogen (secondary N) is 3. The number of dihydropyridines is 1. The van der Waals surface area contributed by atoms with E-state index in [4.69, 9.17) is 16.3 Å². The first-order valence-corrected chi connectivity index (χ1v) is 10.4. The van der Waals surface area contributed by atoms with Gasteiger partial charge in [0.15, 0.2) is 0 Å². The number of hydrogen-bond acceptors (Lipinski definition) is 7. The van der Waals surface area contributed by atoms with Gasteiger partial charge >= 0.3 is 5.97 Å². The summed E-state index contributed by atoms with van der Waals surface area (Å²) < 4.78 is 20.5. The first-order valence-electron chi connectivity index (χ1n) is 9.99. The topological polar surface area (TPSA) is 99.8 Å². The van der Waals surface area contributed by atoms with Gasteiger partial charge in [-0.15, -0.1) is 0 Å². The van der Waals surface area contributed by atoms with Crippen LogP contribution in [0.1, 0.15) is 33.1 Å². The maximum absolute atomic E-state index is 15.5. The maximum atomic E-state index is 15.5. The Labute approximate surface area is 179 Å². The molecule has 2 unspecified atom stereocenters. The zero-order chi connectivity index (χ0) is 21.9. The molecule has 1 amide bonds. The van der Waals surface area contributed by atoms with Crippen LogP contribution in [0.25, 0.3) is 0 Å². The molecule has 1 saturated heterocycles. The molecule has 2 heterocycles. The van der Waals surface area contributed by atoms with E-state index in [0.29, 0.717) is 19.5 Å². The third kappa shape index (κ3) is 5.20. The zero-order valence-electron chi connectivity index (χ0n) is 17.0. The molecule has 8 nitrogen and oxygen atoms in total. The van der Waals surface area contributed by atoms with Crippen molar-refractivity contribution in [3.8, 4) is 0 Å². The van der Waals surface area contributed by atoms with Gasteiger partial charge in [0, 0.05) is 38.3 Å². The van der Waals surface area contributed by atoms with E-state index in [1.165, 1.54) is 30.2 Å². The smallest absolute Gasteiger partial charge is 0.343 e. The summed E-state index contributed by atoms with van der Waals surface area (Å²) in [7, 11) is 0. The van der Waals surface area contributed by atoms with Crippen LogP contribution in [0.15, 0.2) is 34.7 Å². The second kappa shape index (κ2) is 9.18. The molecule has 3 N–H and O–H groups in total. The molecule has 164 valence electrons. The number of hydrogen-bond donors (Lipinski definition) is 3. The summed E-state index contributed by atoms with van der Waals surface area (Å²) in [6.45, 7) is 3.86. The van der Waals surface area contributed by atoms with Crippen molar-refractivity contribution < 1.29 is 23.5 Å². The van der Waals surface area contributed by atoms with Gasteiger partial charge in [0.2, 0.25) is 11.7 Å². The number of likely N-dealkylation sites (tertiary alicyclic amines) is 1. The molecule has 2 aliphatic heterocycles. The lowest BCUT2D eigenvalue weighted by atomic mass is 10.0. The van der Waals surface area contributed by atoms with E-state index in [0.717, 1.165) is 12.8 Å². The molecule has 2 fully saturated rings. The van der Waals surface area contributed by atoms with Gasteiger partial charge in [-0.2, -0.15) is 4.39 Å². The number of nitrogens with zero attached hydrogens (tertiary/aromatic N) is 1. The SMILES string of the molecule is CCOC(=O)C(=CNC1CC1)C(=O)C1=C(Cl)NC(F)(N2CCC(NC(C)=O)C2)C=C1. The monoisotopic (exact) mass is 440 g/mol. The fourth-order valence-electron chi connectivity index (χ4n) is 3.37. The van der Waals surface area contributed by atoms with Crippen molar-refractivity contribution >= 4 is 29.3 Å². The van der Waals surface area contributed by atoms with Crippen LogP contribution in [0.5, 0.6) is 0 Å². The van der Waals surface area contributed by atoms with E-state index in [1.54, 1.807) is 6.92 Å². The summed E-state index contributed by atoms with van der Waals surface area (Å²) in [4.78, 5) is 37.9. The molecule has 1 saturated carbocycles. The van der Waals surface area contributed by atoms with Crippen LogP contribution in [-0.2, 0) is 19.1 Å². The summed E-state index contributed by atoms with van der Waals surface area (Å²) in [5, 5.41) is 8.10. The van der Waals surface area contributed by atoms with E-state index in [2.05, 4.69) is 16.0 Å². The molecule has 0 radical (unpaired) electrons. The number of Topliss-reactive ketones (excluding diaryl/α,β-unsaturated/α-hetero) is 1.